The van der Waals surface area contributed by atoms with Crippen LogP contribution in [0.15, 0.2) is 28.5 Å². The van der Waals surface area contributed by atoms with Crippen LogP contribution in [0.2, 0.25) is 0 Å². The van der Waals surface area contributed by atoms with Gasteiger partial charge >= 0.3 is 0 Å². The van der Waals surface area contributed by atoms with Crippen molar-refractivity contribution in [2.24, 2.45) is 0 Å². The van der Waals surface area contributed by atoms with Crippen LogP contribution in [0.4, 0.5) is 0 Å². The molecule has 23 heavy (non-hydrogen) atoms. The van der Waals surface area contributed by atoms with Crippen molar-refractivity contribution in [1.29, 1.82) is 0 Å². The molecular weight excluding hydrogens is 338 g/mol. The Kier molecular flexibility index (Phi) is 4.28. The minimum Gasteiger partial charge on any atom is -0.475 e. The summed E-state index contributed by atoms with van der Waals surface area (Å²) in [4.78, 5) is 0.948. The van der Waals surface area contributed by atoms with Crippen molar-refractivity contribution >= 4 is 27.0 Å². The van der Waals surface area contributed by atoms with Crippen LogP contribution in [0, 0.1) is 13.8 Å². The Morgan fingerprint density at radius 1 is 1.22 bits per heavy atom. The molecule has 0 atom stereocenters. The first-order valence-corrected chi connectivity index (χ1v) is 9.14. The van der Waals surface area contributed by atoms with E-state index in [4.69, 9.17) is 4.74 Å². The van der Waals surface area contributed by atoms with Gasteiger partial charge in [0.15, 0.2) is 11.5 Å². The van der Waals surface area contributed by atoms with Gasteiger partial charge in [0.05, 0.1) is 0 Å². The molecular formula is C13H15N5O3S2. The predicted molar refractivity (Wildman–Crippen MR) is 85.3 cm³/mol. The normalized spacial score (nSPS) is 11.9. The number of thiophene rings is 1. The van der Waals surface area contributed by atoms with E-state index in [0.29, 0.717) is 21.6 Å². The van der Waals surface area contributed by atoms with E-state index in [-0.39, 0.29) is 13.2 Å². The van der Waals surface area contributed by atoms with Gasteiger partial charge in [0.25, 0.3) is 0 Å². The average Bonchev–Trinajstić information content (AvgIpc) is 3.11. The molecule has 10 heteroatoms. The lowest BCUT2D eigenvalue weighted by molar-refractivity contribution is 0.305. The van der Waals surface area contributed by atoms with Gasteiger partial charge in [-0.1, -0.05) is 0 Å². The van der Waals surface area contributed by atoms with E-state index in [1.54, 1.807) is 35.7 Å². The van der Waals surface area contributed by atoms with Gasteiger partial charge in [-0.05, 0) is 32.0 Å². The number of nitrogens with zero attached hydrogens (tertiary/aromatic N) is 4. The smallest absolute Gasteiger partial charge is 0.250 e. The first-order valence-electron chi connectivity index (χ1n) is 6.84. The fourth-order valence-corrected chi connectivity index (χ4v) is 4.26. The monoisotopic (exact) mass is 353 g/mol. The molecule has 3 rings (SSSR count). The Hall–Kier alpha value is -2.04. The number of aryl methyl sites for hydroxylation is 2. The van der Waals surface area contributed by atoms with E-state index < -0.39 is 10.0 Å². The Bertz CT molecular complexity index is 932. The molecule has 3 aromatic heterocycles. The largest absolute Gasteiger partial charge is 0.475 e. The second kappa shape index (κ2) is 6.22. The standard InChI is InChI=1S/C13H15N5O3S2/c1-9-3-6-13(22-9)23(19,20)14-7-8-21-12-5-4-11-16-15-10(2)18(11)17-12/h3-6,14H,7-8H2,1-2H3. The molecule has 0 aliphatic carbocycles. The highest BCUT2D eigenvalue weighted by atomic mass is 32.2. The van der Waals surface area contributed by atoms with Crippen LogP contribution < -0.4 is 9.46 Å². The molecule has 8 nitrogen and oxygen atoms in total. The van der Waals surface area contributed by atoms with Crippen molar-refractivity contribution in [1.82, 2.24) is 24.5 Å². The molecule has 0 unspecified atom stereocenters. The van der Waals surface area contributed by atoms with Gasteiger partial charge < -0.3 is 4.74 Å². The summed E-state index contributed by atoms with van der Waals surface area (Å²) in [5.74, 6) is 1.03. The second-order valence-electron chi connectivity index (χ2n) is 4.80. The van der Waals surface area contributed by atoms with Crippen LogP contribution in [-0.2, 0) is 10.0 Å². The molecule has 1 N–H and O–H groups in total. The zero-order chi connectivity index (χ0) is 16.4. The molecule has 0 saturated carbocycles. The molecule has 3 aromatic rings. The predicted octanol–water partition coefficient (Wildman–Crippen LogP) is 1.16. The van der Waals surface area contributed by atoms with Crippen LogP contribution in [0.25, 0.3) is 5.65 Å². The molecule has 0 fully saturated rings. The quantitative estimate of drug-likeness (QED) is 0.668. The third kappa shape index (κ3) is 3.49. The fourth-order valence-electron chi connectivity index (χ4n) is 1.92. The summed E-state index contributed by atoms with van der Waals surface area (Å²) in [6.45, 7) is 3.97. The van der Waals surface area contributed by atoms with Crippen molar-refractivity contribution < 1.29 is 13.2 Å². The van der Waals surface area contributed by atoms with E-state index in [0.717, 1.165) is 4.88 Å². The topological polar surface area (TPSA) is 98.5 Å². The number of ether oxygens (including phenoxy) is 1. The Morgan fingerprint density at radius 3 is 2.78 bits per heavy atom. The summed E-state index contributed by atoms with van der Waals surface area (Å²) in [7, 11) is -3.48. The summed E-state index contributed by atoms with van der Waals surface area (Å²) in [6, 6.07) is 6.77. The zero-order valence-electron chi connectivity index (χ0n) is 12.6. The molecule has 0 spiro atoms. The van der Waals surface area contributed by atoms with Crippen molar-refractivity contribution in [3.8, 4) is 5.88 Å². The maximum atomic E-state index is 12.0. The molecule has 122 valence electrons. The molecule has 0 aliphatic heterocycles. The van der Waals surface area contributed by atoms with Crippen molar-refractivity contribution in [2.75, 3.05) is 13.2 Å². The highest BCUT2D eigenvalue weighted by Gasteiger charge is 2.15. The summed E-state index contributed by atoms with van der Waals surface area (Å²) < 4.78 is 33.9. The van der Waals surface area contributed by atoms with Crippen molar-refractivity contribution in [2.45, 2.75) is 18.1 Å². The highest BCUT2D eigenvalue weighted by molar-refractivity contribution is 7.91. The molecule has 3 heterocycles. The lowest BCUT2D eigenvalue weighted by atomic mass is 10.5. The van der Waals surface area contributed by atoms with E-state index in [2.05, 4.69) is 20.0 Å². The molecule has 0 amide bonds. The van der Waals surface area contributed by atoms with Crippen LogP contribution in [0.5, 0.6) is 5.88 Å². The van der Waals surface area contributed by atoms with Crippen molar-refractivity contribution in [3.63, 3.8) is 0 Å². The number of fused-ring (bicyclic) bond motifs is 1. The summed E-state index contributed by atoms with van der Waals surface area (Å²) >= 11 is 1.23. The van der Waals surface area contributed by atoms with Crippen LogP contribution in [0.3, 0.4) is 0 Å². The van der Waals surface area contributed by atoms with E-state index >= 15 is 0 Å². The minimum absolute atomic E-state index is 0.153. The number of hydrogen-bond donors (Lipinski definition) is 1. The first kappa shape index (κ1) is 15.8. The highest BCUT2D eigenvalue weighted by Crippen LogP contribution is 2.20. The number of aromatic nitrogens is 4. The van der Waals surface area contributed by atoms with Crippen LogP contribution >= 0.6 is 11.3 Å². The van der Waals surface area contributed by atoms with E-state index in [1.807, 2.05) is 6.92 Å². The minimum atomic E-state index is -3.48. The lowest BCUT2D eigenvalue weighted by Gasteiger charge is -2.07. The fraction of sp³-hybridized carbons (Fsp3) is 0.308. The van der Waals surface area contributed by atoms with Gasteiger partial charge in [0.2, 0.25) is 15.9 Å². The second-order valence-corrected chi connectivity index (χ2v) is 8.08. The van der Waals surface area contributed by atoms with E-state index in [1.165, 1.54) is 11.3 Å². The molecule has 0 saturated heterocycles. The molecule has 0 bridgehead atoms. The van der Waals surface area contributed by atoms with E-state index in [9.17, 15) is 8.42 Å². The molecule has 0 aromatic carbocycles. The molecule has 0 radical (unpaired) electrons. The lowest BCUT2D eigenvalue weighted by Crippen LogP contribution is -2.27. The van der Waals surface area contributed by atoms with Crippen LogP contribution in [0.1, 0.15) is 10.7 Å². The van der Waals surface area contributed by atoms with Gasteiger partial charge in [-0.2, -0.15) is 4.52 Å². The zero-order valence-corrected chi connectivity index (χ0v) is 14.2. The summed E-state index contributed by atoms with van der Waals surface area (Å²) in [5, 5.41) is 12.1. The van der Waals surface area contributed by atoms with Gasteiger partial charge in [0.1, 0.15) is 10.8 Å². The average molecular weight is 353 g/mol. The van der Waals surface area contributed by atoms with Crippen LogP contribution in [-0.4, -0.2) is 41.4 Å². The first-order chi connectivity index (χ1) is 11.0. The van der Waals surface area contributed by atoms with Gasteiger partial charge in [-0.25, -0.2) is 13.1 Å². The number of hydrogen-bond acceptors (Lipinski definition) is 7. The number of nitrogens with one attached hydrogen (secondary N) is 1. The van der Waals surface area contributed by atoms with Gasteiger partial charge in [-0.3, -0.25) is 0 Å². The summed E-state index contributed by atoms with van der Waals surface area (Å²) in [6.07, 6.45) is 0. The number of rotatable bonds is 6. The Balaban J connectivity index is 1.57. The maximum Gasteiger partial charge on any atom is 0.250 e. The third-order valence-electron chi connectivity index (χ3n) is 3.02. The SMILES string of the molecule is Cc1ccc(S(=O)(=O)NCCOc2ccc3nnc(C)n3n2)s1. The Labute approximate surface area is 137 Å². The summed E-state index contributed by atoms with van der Waals surface area (Å²) in [5.41, 5.74) is 0.628. The Morgan fingerprint density at radius 2 is 2.04 bits per heavy atom. The van der Waals surface area contributed by atoms with Gasteiger partial charge in [-0.15, -0.1) is 26.6 Å². The number of sulfonamides is 1. The van der Waals surface area contributed by atoms with Crippen molar-refractivity contribution in [3.05, 3.63) is 35.0 Å². The van der Waals surface area contributed by atoms with Gasteiger partial charge in [0, 0.05) is 17.5 Å². The molecule has 0 aliphatic rings. The third-order valence-corrected chi connectivity index (χ3v) is 5.97. The maximum absolute atomic E-state index is 12.0.